The van der Waals surface area contributed by atoms with E-state index in [1.54, 1.807) is 0 Å². The second-order valence-electron chi connectivity index (χ2n) is 4.83. The molecule has 0 bridgehead atoms. The second kappa shape index (κ2) is 3.97. The molecule has 2 N–H and O–H groups in total. The molecule has 2 nitrogen and oxygen atoms in total. The van der Waals surface area contributed by atoms with Crippen molar-refractivity contribution in [2.45, 2.75) is 50.5 Å². The van der Waals surface area contributed by atoms with Crippen LogP contribution in [0.25, 0.3) is 0 Å². The van der Waals surface area contributed by atoms with Crippen molar-refractivity contribution in [2.75, 3.05) is 13.2 Å². The Bertz CT molecular complexity index is 157. The van der Waals surface area contributed by atoms with Crippen LogP contribution in [0, 0.1) is 5.92 Å². The molecule has 0 amide bonds. The zero-order valence-corrected chi connectivity index (χ0v) is 8.43. The molecule has 2 fully saturated rings. The smallest absolute Gasteiger partial charge is 0.0483 e. The first kappa shape index (κ1) is 9.47. The van der Waals surface area contributed by atoms with Gasteiger partial charge in [0.2, 0.25) is 0 Å². The number of rotatable bonds is 2. The maximum atomic E-state index is 6.36. The highest BCUT2D eigenvalue weighted by molar-refractivity contribution is 4.89. The topological polar surface area (TPSA) is 35.2 Å². The first-order chi connectivity index (χ1) is 6.29. The Morgan fingerprint density at radius 3 is 2.38 bits per heavy atom. The molecule has 0 aromatic heterocycles. The van der Waals surface area contributed by atoms with Crippen LogP contribution in [-0.2, 0) is 4.74 Å². The van der Waals surface area contributed by atoms with Crippen molar-refractivity contribution in [3.63, 3.8) is 0 Å². The van der Waals surface area contributed by atoms with Crippen LogP contribution < -0.4 is 5.73 Å². The Labute approximate surface area is 80.8 Å². The Kier molecular flexibility index (Phi) is 2.89. The monoisotopic (exact) mass is 183 g/mol. The molecule has 13 heavy (non-hydrogen) atoms. The van der Waals surface area contributed by atoms with Crippen LogP contribution in [0.3, 0.4) is 0 Å². The van der Waals surface area contributed by atoms with E-state index >= 15 is 0 Å². The zero-order valence-electron chi connectivity index (χ0n) is 8.43. The third-order valence-electron chi connectivity index (χ3n) is 3.66. The van der Waals surface area contributed by atoms with Crippen molar-refractivity contribution in [1.82, 2.24) is 0 Å². The normalized spacial score (nSPS) is 29.3. The fourth-order valence-electron chi connectivity index (χ4n) is 2.77. The van der Waals surface area contributed by atoms with Gasteiger partial charge in [0.1, 0.15) is 0 Å². The van der Waals surface area contributed by atoms with Gasteiger partial charge in [-0.25, -0.2) is 0 Å². The average molecular weight is 183 g/mol. The van der Waals surface area contributed by atoms with Gasteiger partial charge in [-0.2, -0.15) is 0 Å². The predicted molar refractivity (Wildman–Crippen MR) is 53.5 cm³/mol. The lowest BCUT2D eigenvalue weighted by molar-refractivity contribution is 0.0443. The van der Waals surface area contributed by atoms with Gasteiger partial charge >= 0.3 is 0 Å². The van der Waals surface area contributed by atoms with Gasteiger partial charge in [-0.1, -0.05) is 25.7 Å². The first-order valence-corrected chi connectivity index (χ1v) is 5.65. The molecule has 0 spiro atoms. The molecule has 2 rings (SSSR count). The van der Waals surface area contributed by atoms with E-state index in [1.807, 2.05) is 0 Å². The fourth-order valence-corrected chi connectivity index (χ4v) is 2.77. The van der Waals surface area contributed by atoms with Crippen molar-refractivity contribution in [3.05, 3.63) is 0 Å². The van der Waals surface area contributed by atoms with Gasteiger partial charge in [0, 0.05) is 18.8 Å². The Balaban J connectivity index is 1.83. The lowest BCUT2D eigenvalue weighted by Crippen LogP contribution is -2.46. The van der Waals surface area contributed by atoms with Crippen molar-refractivity contribution in [1.29, 1.82) is 0 Å². The molecule has 1 aliphatic heterocycles. The number of nitrogens with two attached hydrogens (primary N) is 1. The van der Waals surface area contributed by atoms with Crippen molar-refractivity contribution < 1.29 is 4.74 Å². The predicted octanol–water partition coefficient (Wildman–Crippen LogP) is 2.07. The van der Waals surface area contributed by atoms with E-state index in [4.69, 9.17) is 10.5 Å². The van der Waals surface area contributed by atoms with Gasteiger partial charge in [-0.3, -0.25) is 0 Å². The summed E-state index contributed by atoms with van der Waals surface area (Å²) in [5.74, 6) is 0.920. The summed E-state index contributed by atoms with van der Waals surface area (Å²) < 4.78 is 5.35. The molecular weight excluding hydrogens is 162 g/mol. The standard InChI is InChI=1S/C11H21NO/c12-11(5-7-13-8-6-11)9-10-3-1-2-4-10/h10H,1-9,12H2. The molecule has 76 valence electrons. The minimum Gasteiger partial charge on any atom is -0.381 e. The molecule has 2 heteroatoms. The van der Waals surface area contributed by atoms with Crippen LogP contribution in [-0.4, -0.2) is 18.8 Å². The van der Waals surface area contributed by atoms with Crippen molar-refractivity contribution in [3.8, 4) is 0 Å². The molecular formula is C11H21NO. The highest BCUT2D eigenvalue weighted by Crippen LogP contribution is 2.34. The largest absolute Gasteiger partial charge is 0.381 e. The van der Waals surface area contributed by atoms with Gasteiger partial charge in [0.15, 0.2) is 0 Å². The van der Waals surface area contributed by atoms with Crippen LogP contribution in [0.1, 0.15) is 44.9 Å². The average Bonchev–Trinajstić information content (AvgIpc) is 2.57. The molecule has 0 aromatic rings. The summed E-state index contributed by atoms with van der Waals surface area (Å²) in [4.78, 5) is 0. The van der Waals surface area contributed by atoms with E-state index in [0.29, 0.717) is 0 Å². The summed E-state index contributed by atoms with van der Waals surface area (Å²) in [6.07, 6.45) is 9.08. The molecule has 1 heterocycles. The van der Waals surface area contributed by atoms with E-state index in [9.17, 15) is 0 Å². The third kappa shape index (κ3) is 2.44. The van der Waals surface area contributed by atoms with Crippen LogP contribution in [0.4, 0.5) is 0 Å². The van der Waals surface area contributed by atoms with Crippen molar-refractivity contribution in [2.24, 2.45) is 11.7 Å². The molecule has 0 aromatic carbocycles. The first-order valence-electron chi connectivity index (χ1n) is 5.65. The minimum absolute atomic E-state index is 0.118. The highest BCUT2D eigenvalue weighted by atomic mass is 16.5. The summed E-state index contributed by atoms with van der Waals surface area (Å²) in [5, 5.41) is 0. The van der Waals surface area contributed by atoms with Gasteiger partial charge in [-0.15, -0.1) is 0 Å². The fraction of sp³-hybridized carbons (Fsp3) is 1.00. The van der Waals surface area contributed by atoms with Crippen molar-refractivity contribution >= 4 is 0 Å². The van der Waals surface area contributed by atoms with E-state index in [0.717, 1.165) is 32.0 Å². The number of hydrogen-bond acceptors (Lipinski definition) is 2. The molecule has 0 radical (unpaired) electrons. The zero-order chi connectivity index (χ0) is 9.15. The van der Waals surface area contributed by atoms with Gasteiger partial charge in [0.25, 0.3) is 0 Å². The maximum Gasteiger partial charge on any atom is 0.0483 e. The second-order valence-corrected chi connectivity index (χ2v) is 4.83. The van der Waals surface area contributed by atoms with Gasteiger partial charge in [0.05, 0.1) is 0 Å². The summed E-state index contributed by atoms with van der Waals surface area (Å²) in [6, 6.07) is 0. The highest BCUT2D eigenvalue weighted by Gasteiger charge is 2.31. The molecule has 1 saturated heterocycles. The van der Waals surface area contributed by atoms with E-state index in [1.165, 1.54) is 32.1 Å². The lowest BCUT2D eigenvalue weighted by atomic mass is 9.81. The summed E-state index contributed by atoms with van der Waals surface area (Å²) in [6.45, 7) is 1.76. The maximum absolute atomic E-state index is 6.36. The van der Waals surface area contributed by atoms with Gasteiger partial charge in [-0.05, 0) is 25.2 Å². The SMILES string of the molecule is NC1(CC2CCCC2)CCOCC1. The van der Waals surface area contributed by atoms with Crippen LogP contribution >= 0.6 is 0 Å². The number of hydrogen-bond donors (Lipinski definition) is 1. The Morgan fingerprint density at radius 1 is 1.15 bits per heavy atom. The molecule has 1 saturated carbocycles. The Hall–Kier alpha value is -0.0800. The molecule has 2 aliphatic rings. The molecule has 0 atom stereocenters. The minimum atomic E-state index is 0.118. The summed E-state index contributed by atoms with van der Waals surface area (Å²) in [7, 11) is 0. The summed E-state index contributed by atoms with van der Waals surface area (Å²) >= 11 is 0. The van der Waals surface area contributed by atoms with Crippen LogP contribution in [0.5, 0.6) is 0 Å². The van der Waals surface area contributed by atoms with E-state index in [-0.39, 0.29) is 5.54 Å². The van der Waals surface area contributed by atoms with E-state index < -0.39 is 0 Å². The molecule has 1 aliphatic carbocycles. The summed E-state index contributed by atoms with van der Waals surface area (Å²) in [5.41, 5.74) is 6.48. The Morgan fingerprint density at radius 2 is 1.77 bits per heavy atom. The van der Waals surface area contributed by atoms with E-state index in [2.05, 4.69) is 0 Å². The quantitative estimate of drug-likeness (QED) is 0.711. The van der Waals surface area contributed by atoms with Crippen LogP contribution in [0.15, 0.2) is 0 Å². The molecule has 0 unspecified atom stereocenters. The van der Waals surface area contributed by atoms with Gasteiger partial charge < -0.3 is 10.5 Å². The lowest BCUT2D eigenvalue weighted by Gasteiger charge is -2.35. The van der Waals surface area contributed by atoms with Crippen LogP contribution in [0.2, 0.25) is 0 Å². The number of ether oxygens (including phenoxy) is 1. The third-order valence-corrected chi connectivity index (χ3v) is 3.66.